The molecule has 4 rings (SSSR count). The molecular weight excluding hydrogens is 406 g/mol. The Hall–Kier alpha value is -2.96. The van der Waals surface area contributed by atoms with Gasteiger partial charge >= 0.3 is 0 Å². The lowest BCUT2D eigenvalue weighted by molar-refractivity contribution is 0.601. The summed E-state index contributed by atoms with van der Waals surface area (Å²) in [6.45, 7) is 0. The summed E-state index contributed by atoms with van der Waals surface area (Å²) in [6.07, 6.45) is 6.27. The van der Waals surface area contributed by atoms with Gasteiger partial charge in [-0.1, -0.05) is 41.9 Å². The predicted octanol–water partition coefficient (Wildman–Crippen LogP) is 5.24. The van der Waals surface area contributed by atoms with Crippen LogP contribution in [-0.4, -0.2) is 24.6 Å². The smallest absolute Gasteiger partial charge is 0.151 e. The van der Waals surface area contributed by atoms with E-state index in [1.165, 1.54) is 6.26 Å². The fourth-order valence-corrected chi connectivity index (χ4v) is 4.17. The van der Waals surface area contributed by atoms with Gasteiger partial charge in [-0.2, -0.15) is 0 Å². The number of nitrogens with one attached hydrogen (secondary N) is 1. The highest BCUT2D eigenvalue weighted by atomic mass is 35.5. The van der Waals surface area contributed by atoms with E-state index in [1.54, 1.807) is 24.7 Å². The van der Waals surface area contributed by atoms with Gasteiger partial charge < -0.3 is 5.32 Å². The maximum Gasteiger partial charge on any atom is 0.151 e. The molecule has 7 heteroatoms. The molecule has 0 aliphatic rings. The Morgan fingerprint density at radius 1 is 1.00 bits per heavy atom. The molecular formula is C22H18ClN3O2S. The monoisotopic (exact) mass is 423 g/mol. The third-order valence-electron chi connectivity index (χ3n) is 4.41. The predicted molar refractivity (Wildman–Crippen MR) is 118 cm³/mol. The minimum Gasteiger partial charge on any atom is -0.354 e. The highest BCUT2D eigenvalue weighted by Crippen LogP contribution is 2.30. The van der Waals surface area contributed by atoms with Crippen LogP contribution in [0, 0.1) is 0 Å². The number of anilines is 2. The summed E-state index contributed by atoms with van der Waals surface area (Å²) in [5.74, 6) is 0.0184. The highest BCUT2D eigenvalue weighted by molar-refractivity contribution is 7.89. The number of fused-ring (bicyclic) bond motifs is 1. The molecule has 0 atom stereocenters. The third-order valence-corrected chi connectivity index (χ3v) is 5.48. The average molecular weight is 424 g/mol. The van der Waals surface area contributed by atoms with E-state index in [4.69, 9.17) is 11.6 Å². The van der Waals surface area contributed by atoms with Crippen molar-refractivity contribution < 1.29 is 8.42 Å². The first-order chi connectivity index (χ1) is 13.9. The van der Waals surface area contributed by atoms with Crippen LogP contribution in [0.25, 0.3) is 22.0 Å². The second-order valence-electron chi connectivity index (χ2n) is 6.88. The Labute approximate surface area is 174 Å². The van der Waals surface area contributed by atoms with Crippen LogP contribution in [0.15, 0.2) is 73.2 Å². The van der Waals surface area contributed by atoms with E-state index >= 15 is 0 Å². The molecule has 146 valence electrons. The molecule has 0 fully saturated rings. The van der Waals surface area contributed by atoms with Crippen LogP contribution in [-0.2, 0) is 15.6 Å². The molecule has 0 bridgehead atoms. The second-order valence-corrected chi connectivity index (χ2v) is 9.45. The number of halogens is 1. The van der Waals surface area contributed by atoms with Crippen molar-refractivity contribution in [2.75, 3.05) is 11.6 Å². The van der Waals surface area contributed by atoms with Gasteiger partial charge in [0.1, 0.15) is 0 Å². The van der Waals surface area contributed by atoms with Crippen molar-refractivity contribution in [2.24, 2.45) is 0 Å². The van der Waals surface area contributed by atoms with E-state index in [1.807, 2.05) is 48.5 Å². The topological polar surface area (TPSA) is 72.0 Å². The Balaban J connectivity index is 1.75. The number of benzene rings is 2. The molecule has 2 aromatic carbocycles. The number of hydrogen-bond donors (Lipinski definition) is 1. The summed E-state index contributed by atoms with van der Waals surface area (Å²) < 4.78 is 23.3. The molecule has 0 saturated carbocycles. The Bertz CT molecular complexity index is 1310. The number of aromatic nitrogens is 2. The van der Waals surface area contributed by atoms with E-state index in [0.29, 0.717) is 5.02 Å². The molecule has 5 nitrogen and oxygen atoms in total. The van der Waals surface area contributed by atoms with Crippen LogP contribution in [0.3, 0.4) is 0 Å². The summed E-state index contributed by atoms with van der Waals surface area (Å²) in [5.41, 5.74) is 5.21. The van der Waals surface area contributed by atoms with E-state index in [0.717, 1.165) is 39.0 Å². The van der Waals surface area contributed by atoms with Crippen molar-refractivity contribution in [1.82, 2.24) is 9.97 Å². The molecule has 0 aliphatic carbocycles. The summed E-state index contributed by atoms with van der Waals surface area (Å²) in [7, 11) is -3.09. The molecule has 2 heterocycles. The van der Waals surface area contributed by atoms with E-state index in [-0.39, 0.29) is 5.75 Å². The molecule has 0 radical (unpaired) electrons. The maximum absolute atomic E-state index is 11.6. The first-order valence-corrected chi connectivity index (χ1v) is 11.3. The summed E-state index contributed by atoms with van der Waals surface area (Å²) >= 11 is 6.04. The molecule has 0 saturated heterocycles. The standard InChI is InChI=1S/C22H18ClN3O2S/c1-29(27,28)14-15-3-2-4-16(9-15)17-5-6-21-20(10-17)22(7-8-25-21)26-19-11-18(23)12-24-13-19/h2-13H,14H2,1H3,(H,25,26). The normalized spacial score (nSPS) is 11.5. The highest BCUT2D eigenvalue weighted by Gasteiger charge is 2.09. The molecule has 29 heavy (non-hydrogen) atoms. The number of sulfone groups is 1. The van der Waals surface area contributed by atoms with Gasteiger partial charge in [-0.15, -0.1) is 0 Å². The zero-order valence-electron chi connectivity index (χ0n) is 15.6. The first-order valence-electron chi connectivity index (χ1n) is 8.91. The van der Waals surface area contributed by atoms with Crippen molar-refractivity contribution in [1.29, 1.82) is 0 Å². The van der Waals surface area contributed by atoms with Crippen molar-refractivity contribution in [3.05, 3.63) is 83.8 Å². The summed E-state index contributed by atoms with van der Waals surface area (Å²) in [5, 5.41) is 4.84. The second kappa shape index (κ2) is 7.81. The van der Waals surface area contributed by atoms with Crippen LogP contribution >= 0.6 is 11.6 Å². The van der Waals surface area contributed by atoms with Gasteiger partial charge in [-0.05, 0) is 41.0 Å². The van der Waals surface area contributed by atoms with Gasteiger partial charge in [0, 0.05) is 29.7 Å². The lowest BCUT2D eigenvalue weighted by Crippen LogP contribution is -2.00. The molecule has 1 N–H and O–H groups in total. The molecule has 0 aliphatic heterocycles. The van der Waals surface area contributed by atoms with E-state index in [9.17, 15) is 8.42 Å². The first kappa shape index (κ1) is 19.4. The SMILES string of the molecule is CS(=O)(=O)Cc1cccc(-c2ccc3nccc(Nc4cncc(Cl)c4)c3c2)c1. The number of pyridine rings is 2. The lowest BCUT2D eigenvalue weighted by atomic mass is 10.0. The molecule has 0 unspecified atom stereocenters. The molecule has 0 amide bonds. The average Bonchev–Trinajstić information content (AvgIpc) is 2.67. The summed E-state index contributed by atoms with van der Waals surface area (Å²) in [4.78, 5) is 8.55. The van der Waals surface area contributed by atoms with E-state index < -0.39 is 9.84 Å². The van der Waals surface area contributed by atoms with Gasteiger partial charge in [0.25, 0.3) is 0 Å². The van der Waals surface area contributed by atoms with Gasteiger partial charge in [0.05, 0.1) is 28.2 Å². The Morgan fingerprint density at radius 2 is 1.83 bits per heavy atom. The van der Waals surface area contributed by atoms with Crippen LogP contribution in [0.1, 0.15) is 5.56 Å². The maximum atomic E-state index is 11.6. The number of nitrogens with zero attached hydrogens (tertiary/aromatic N) is 2. The number of hydrogen-bond acceptors (Lipinski definition) is 5. The van der Waals surface area contributed by atoms with Crippen molar-refractivity contribution in [2.45, 2.75) is 5.75 Å². The van der Waals surface area contributed by atoms with Gasteiger partial charge in [-0.25, -0.2) is 8.42 Å². The van der Waals surface area contributed by atoms with Gasteiger partial charge in [0.2, 0.25) is 0 Å². The zero-order chi connectivity index (χ0) is 20.4. The third kappa shape index (κ3) is 4.72. The van der Waals surface area contributed by atoms with Crippen LogP contribution < -0.4 is 5.32 Å². The molecule has 4 aromatic rings. The Morgan fingerprint density at radius 3 is 2.62 bits per heavy atom. The minimum absolute atomic E-state index is 0.0184. The van der Waals surface area contributed by atoms with Crippen molar-refractivity contribution >= 4 is 43.7 Å². The van der Waals surface area contributed by atoms with Crippen molar-refractivity contribution in [3.63, 3.8) is 0 Å². The van der Waals surface area contributed by atoms with Gasteiger partial charge in [0.15, 0.2) is 9.84 Å². The molecule has 0 spiro atoms. The van der Waals surface area contributed by atoms with Gasteiger partial charge in [-0.3, -0.25) is 9.97 Å². The largest absolute Gasteiger partial charge is 0.354 e. The molecule has 2 aromatic heterocycles. The van der Waals surface area contributed by atoms with Crippen LogP contribution in [0.2, 0.25) is 5.02 Å². The minimum atomic E-state index is -3.09. The van der Waals surface area contributed by atoms with Crippen LogP contribution in [0.5, 0.6) is 0 Å². The number of rotatable bonds is 5. The van der Waals surface area contributed by atoms with Crippen LogP contribution in [0.4, 0.5) is 11.4 Å². The fourth-order valence-electron chi connectivity index (χ4n) is 3.21. The zero-order valence-corrected chi connectivity index (χ0v) is 17.2. The van der Waals surface area contributed by atoms with Crippen molar-refractivity contribution in [3.8, 4) is 11.1 Å². The van der Waals surface area contributed by atoms with E-state index in [2.05, 4.69) is 15.3 Å². The lowest BCUT2D eigenvalue weighted by Gasteiger charge is -2.11. The fraction of sp³-hybridized carbons (Fsp3) is 0.0909. The quantitative estimate of drug-likeness (QED) is 0.475. The Kier molecular flexibility index (Phi) is 5.22. The summed E-state index contributed by atoms with van der Waals surface area (Å²) in [6, 6.07) is 17.3.